The molecule has 2 heterocycles. The Morgan fingerprint density at radius 1 is 1.36 bits per heavy atom. The van der Waals surface area contributed by atoms with Gasteiger partial charge in [-0.1, -0.05) is 54.9 Å². The number of nitrogens with zero attached hydrogens (tertiary/aromatic N) is 4. The molecule has 0 fully saturated rings. The Labute approximate surface area is 228 Å². The Kier molecular flexibility index (Phi) is 8.43. The minimum Gasteiger partial charge on any atom is -0.486 e. The van der Waals surface area contributed by atoms with E-state index in [0.29, 0.717) is 27.5 Å². The molecule has 0 spiro atoms. The molecular weight excluding hydrogens is 558 g/mol. The highest BCUT2D eigenvalue weighted by molar-refractivity contribution is 9.10. The van der Waals surface area contributed by atoms with E-state index < -0.39 is 0 Å². The summed E-state index contributed by atoms with van der Waals surface area (Å²) in [5.74, 6) is 2.03. The van der Waals surface area contributed by atoms with Crippen molar-refractivity contribution in [1.29, 1.82) is 5.26 Å². The fourth-order valence-electron chi connectivity index (χ4n) is 4.32. The molecule has 1 atom stereocenters. The molecule has 2 aromatic heterocycles. The van der Waals surface area contributed by atoms with Gasteiger partial charge < -0.3 is 14.6 Å². The fourth-order valence-corrected chi connectivity index (χ4v) is 6.60. The largest absolute Gasteiger partial charge is 0.486 e. The summed E-state index contributed by atoms with van der Waals surface area (Å²) in [6.45, 7) is 7.17. The first-order chi connectivity index (χ1) is 17.2. The van der Waals surface area contributed by atoms with Gasteiger partial charge >= 0.3 is 0 Å². The fraction of sp³-hybridized carbons (Fsp3) is 0.462. The lowest BCUT2D eigenvalue weighted by atomic mass is 9.69. The van der Waals surface area contributed by atoms with Crippen LogP contribution in [0.4, 0.5) is 5.00 Å². The number of hydrogen-bond acceptors (Lipinski definition) is 7. The van der Waals surface area contributed by atoms with Crippen molar-refractivity contribution in [1.82, 2.24) is 14.8 Å². The molecule has 1 unspecified atom stereocenters. The van der Waals surface area contributed by atoms with Crippen LogP contribution in [0, 0.1) is 22.7 Å². The molecule has 0 saturated carbocycles. The topological polar surface area (TPSA) is 92.8 Å². The monoisotopic (exact) mass is 587 g/mol. The van der Waals surface area contributed by atoms with E-state index in [2.05, 4.69) is 58.3 Å². The SMILES string of the molecule is CCC(C)(C)C1CCc2c(sc(NC(=O)CSc3nnc(COc4ccc(Br)cc4)n3C)c2C#N)C1. The number of rotatable bonds is 9. The Bertz CT molecular complexity index is 1280. The Morgan fingerprint density at radius 3 is 2.81 bits per heavy atom. The van der Waals surface area contributed by atoms with Gasteiger partial charge in [0.25, 0.3) is 0 Å². The van der Waals surface area contributed by atoms with Crippen LogP contribution in [0.2, 0.25) is 0 Å². The highest BCUT2D eigenvalue weighted by Gasteiger charge is 2.34. The van der Waals surface area contributed by atoms with Crippen LogP contribution in [0.5, 0.6) is 5.75 Å². The normalized spacial score (nSPS) is 15.3. The van der Waals surface area contributed by atoms with Crippen LogP contribution in [0.1, 0.15) is 55.4 Å². The summed E-state index contributed by atoms with van der Waals surface area (Å²) in [5, 5.41) is 22.5. The number of ether oxygens (including phenoxy) is 1. The molecule has 1 amide bonds. The van der Waals surface area contributed by atoms with E-state index in [4.69, 9.17) is 4.74 Å². The van der Waals surface area contributed by atoms with Crippen molar-refractivity contribution in [2.45, 2.75) is 58.2 Å². The summed E-state index contributed by atoms with van der Waals surface area (Å²) in [5.41, 5.74) is 2.02. The van der Waals surface area contributed by atoms with Crippen molar-refractivity contribution in [3.05, 3.63) is 50.6 Å². The minimum absolute atomic E-state index is 0.156. The summed E-state index contributed by atoms with van der Waals surface area (Å²) in [6.07, 6.45) is 4.09. The molecule has 0 saturated heterocycles. The van der Waals surface area contributed by atoms with Gasteiger partial charge in [-0.2, -0.15) is 5.26 Å². The van der Waals surface area contributed by atoms with Gasteiger partial charge in [0, 0.05) is 16.4 Å². The van der Waals surface area contributed by atoms with Crippen LogP contribution in [0.3, 0.4) is 0 Å². The first-order valence-electron chi connectivity index (χ1n) is 12.0. The number of amides is 1. The maximum atomic E-state index is 12.8. The number of thiophene rings is 1. The number of thioether (sulfide) groups is 1. The Hall–Kier alpha value is -2.35. The summed E-state index contributed by atoms with van der Waals surface area (Å²) in [4.78, 5) is 14.0. The third-order valence-corrected chi connectivity index (χ3v) is 9.80. The average Bonchev–Trinajstić information content (AvgIpc) is 3.40. The average molecular weight is 589 g/mol. The van der Waals surface area contributed by atoms with Gasteiger partial charge in [0.1, 0.15) is 23.4 Å². The van der Waals surface area contributed by atoms with E-state index >= 15 is 0 Å². The van der Waals surface area contributed by atoms with Gasteiger partial charge in [-0.15, -0.1) is 21.5 Å². The third-order valence-electron chi connectivity index (χ3n) is 7.09. The Morgan fingerprint density at radius 2 is 2.11 bits per heavy atom. The van der Waals surface area contributed by atoms with Crippen LogP contribution < -0.4 is 10.1 Å². The zero-order valence-electron chi connectivity index (χ0n) is 20.9. The van der Waals surface area contributed by atoms with E-state index in [9.17, 15) is 10.1 Å². The number of hydrogen-bond donors (Lipinski definition) is 1. The number of carbonyl (C=O) groups excluding carboxylic acids is 1. The first kappa shape index (κ1) is 26.7. The number of anilines is 1. The van der Waals surface area contributed by atoms with Gasteiger partial charge in [-0.3, -0.25) is 4.79 Å². The number of carbonyl (C=O) groups is 1. The van der Waals surface area contributed by atoms with Crippen molar-refractivity contribution in [2.75, 3.05) is 11.1 Å². The summed E-state index contributed by atoms with van der Waals surface area (Å²) >= 11 is 6.28. The smallest absolute Gasteiger partial charge is 0.235 e. The third kappa shape index (κ3) is 5.96. The van der Waals surface area contributed by atoms with Gasteiger partial charge in [-0.25, -0.2) is 0 Å². The van der Waals surface area contributed by atoms with E-state index in [0.717, 1.165) is 41.5 Å². The lowest BCUT2D eigenvalue weighted by Crippen LogP contribution is -2.28. The summed E-state index contributed by atoms with van der Waals surface area (Å²) in [6, 6.07) is 9.92. The number of fused-ring (bicyclic) bond motifs is 1. The zero-order valence-corrected chi connectivity index (χ0v) is 24.1. The van der Waals surface area contributed by atoms with Crippen LogP contribution >= 0.6 is 39.0 Å². The van der Waals surface area contributed by atoms with E-state index in [1.807, 2.05) is 35.9 Å². The Balaban J connectivity index is 1.35. The predicted octanol–water partition coefficient (Wildman–Crippen LogP) is 6.36. The molecule has 10 heteroatoms. The van der Waals surface area contributed by atoms with Gasteiger partial charge in [0.05, 0.1) is 11.3 Å². The van der Waals surface area contributed by atoms with Crippen LogP contribution in [-0.2, 0) is 31.3 Å². The number of nitrogens with one attached hydrogen (secondary N) is 1. The lowest BCUT2D eigenvalue weighted by Gasteiger charge is -2.36. The van der Waals surface area contributed by atoms with Crippen LogP contribution in [0.25, 0.3) is 0 Å². The second-order valence-corrected chi connectivity index (χ2v) is 12.6. The first-order valence-corrected chi connectivity index (χ1v) is 14.5. The lowest BCUT2D eigenvalue weighted by molar-refractivity contribution is -0.113. The van der Waals surface area contributed by atoms with Crippen LogP contribution in [-0.4, -0.2) is 26.4 Å². The second-order valence-electron chi connectivity index (χ2n) is 9.64. The van der Waals surface area contributed by atoms with Gasteiger partial charge in [-0.05, 0) is 60.4 Å². The molecule has 190 valence electrons. The predicted molar refractivity (Wildman–Crippen MR) is 147 cm³/mol. The van der Waals surface area contributed by atoms with Crippen molar-refractivity contribution < 1.29 is 9.53 Å². The molecule has 1 aliphatic rings. The molecule has 4 rings (SSSR count). The number of benzene rings is 1. The quantitative estimate of drug-likeness (QED) is 0.293. The molecule has 0 aliphatic heterocycles. The maximum Gasteiger partial charge on any atom is 0.235 e. The molecule has 3 aromatic rings. The maximum absolute atomic E-state index is 12.8. The van der Waals surface area contributed by atoms with E-state index in [1.54, 1.807) is 11.3 Å². The molecule has 0 radical (unpaired) electrons. The highest BCUT2D eigenvalue weighted by atomic mass is 79.9. The number of aromatic nitrogens is 3. The highest BCUT2D eigenvalue weighted by Crippen LogP contribution is 2.45. The molecule has 1 N–H and O–H groups in total. The minimum atomic E-state index is -0.156. The number of halogens is 1. The standard InChI is InChI=1S/C26H30BrN5O2S2/c1-5-26(2,3)16-6-11-19-20(13-28)24(36-21(19)12-16)29-23(33)15-35-25-31-30-22(32(25)4)14-34-18-9-7-17(27)8-10-18/h7-10,16H,5-6,11-12,14-15H2,1-4H3,(H,29,33). The molecule has 1 aromatic carbocycles. The number of nitriles is 1. The van der Waals surface area contributed by atoms with Gasteiger partial charge in [0.2, 0.25) is 5.91 Å². The van der Waals surface area contributed by atoms with Gasteiger partial charge in [0.15, 0.2) is 11.0 Å². The van der Waals surface area contributed by atoms with Crippen molar-refractivity contribution >= 4 is 49.9 Å². The van der Waals surface area contributed by atoms with Crippen molar-refractivity contribution in [2.24, 2.45) is 18.4 Å². The second kappa shape index (κ2) is 11.4. The molecular formula is C26H30BrN5O2S2. The summed E-state index contributed by atoms with van der Waals surface area (Å²) in [7, 11) is 1.86. The molecule has 0 bridgehead atoms. The summed E-state index contributed by atoms with van der Waals surface area (Å²) < 4.78 is 8.60. The van der Waals surface area contributed by atoms with Crippen molar-refractivity contribution in [3.8, 4) is 11.8 Å². The molecule has 1 aliphatic carbocycles. The van der Waals surface area contributed by atoms with Crippen molar-refractivity contribution in [3.63, 3.8) is 0 Å². The van der Waals surface area contributed by atoms with E-state index in [-0.39, 0.29) is 23.7 Å². The van der Waals surface area contributed by atoms with Crippen LogP contribution in [0.15, 0.2) is 33.9 Å². The molecule has 36 heavy (non-hydrogen) atoms. The molecule has 7 nitrogen and oxygen atoms in total. The zero-order chi connectivity index (χ0) is 25.9. The van der Waals surface area contributed by atoms with E-state index in [1.165, 1.54) is 16.6 Å².